The normalized spacial score (nSPS) is 27.8. The molecule has 3 nitrogen and oxygen atoms in total. The Morgan fingerprint density at radius 3 is 2.50 bits per heavy atom. The highest BCUT2D eigenvalue weighted by atomic mass is 19.1. The molecule has 1 aromatic carbocycles. The number of aryl methyl sites for hydroxylation is 1. The molecule has 1 unspecified atom stereocenters. The molecule has 1 aliphatic carbocycles. The van der Waals surface area contributed by atoms with Gasteiger partial charge in [-0.25, -0.2) is 4.39 Å². The van der Waals surface area contributed by atoms with E-state index in [0.717, 1.165) is 31.8 Å². The average molecular weight is 308 g/mol. The molecule has 0 radical (unpaired) electrons. The largest absolute Gasteiger partial charge is 0.371 e. The number of epoxide rings is 1. The van der Waals surface area contributed by atoms with E-state index in [0.29, 0.717) is 25.6 Å². The monoisotopic (exact) mass is 308 g/mol. The first-order valence-electron chi connectivity index (χ1n) is 8.35. The summed E-state index contributed by atoms with van der Waals surface area (Å²) in [6, 6.07) is 6.88. The van der Waals surface area contributed by atoms with Crippen molar-refractivity contribution in [3.8, 4) is 0 Å². The van der Waals surface area contributed by atoms with Crippen LogP contribution < -0.4 is 0 Å². The third kappa shape index (κ3) is 5.34. The molecular weight excluding hydrogens is 283 g/mol. The summed E-state index contributed by atoms with van der Waals surface area (Å²) in [5.74, 6) is 0.613. The van der Waals surface area contributed by atoms with Crippen LogP contribution in [0, 0.1) is 11.7 Å². The fourth-order valence-corrected chi connectivity index (χ4v) is 3.10. The Hall–Kier alpha value is -0.970. The number of hydrogen-bond donors (Lipinski definition) is 0. The molecule has 1 atom stereocenters. The van der Waals surface area contributed by atoms with Gasteiger partial charge >= 0.3 is 0 Å². The fraction of sp³-hybridized carbons (Fsp3) is 0.667. The molecule has 122 valence electrons. The molecule has 2 fully saturated rings. The summed E-state index contributed by atoms with van der Waals surface area (Å²) in [7, 11) is 0. The molecule has 0 bridgehead atoms. The van der Waals surface area contributed by atoms with Crippen LogP contribution in [0.4, 0.5) is 4.39 Å². The molecule has 4 heteroatoms. The summed E-state index contributed by atoms with van der Waals surface area (Å²) in [6.45, 7) is 1.89. The Labute approximate surface area is 131 Å². The molecular formula is C18H25FO3. The van der Waals surface area contributed by atoms with Gasteiger partial charge in [-0.3, -0.25) is 0 Å². The number of rotatable bonds is 8. The van der Waals surface area contributed by atoms with E-state index in [4.69, 9.17) is 14.2 Å². The summed E-state index contributed by atoms with van der Waals surface area (Å²) in [5, 5.41) is 0. The fourth-order valence-electron chi connectivity index (χ4n) is 3.10. The van der Waals surface area contributed by atoms with E-state index in [1.807, 2.05) is 12.1 Å². The van der Waals surface area contributed by atoms with Gasteiger partial charge in [0.05, 0.1) is 19.3 Å². The first kappa shape index (κ1) is 15.9. The van der Waals surface area contributed by atoms with Crippen LogP contribution in [0.3, 0.4) is 0 Å². The maximum absolute atomic E-state index is 12.9. The van der Waals surface area contributed by atoms with Gasteiger partial charge in [-0.2, -0.15) is 0 Å². The molecule has 1 saturated carbocycles. The lowest BCUT2D eigenvalue weighted by molar-refractivity contribution is -0.104. The first-order valence-corrected chi connectivity index (χ1v) is 8.35. The predicted molar refractivity (Wildman–Crippen MR) is 82.1 cm³/mol. The summed E-state index contributed by atoms with van der Waals surface area (Å²) < 4.78 is 29.1. The Morgan fingerprint density at radius 2 is 1.82 bits per heavy atom. The van der Waals surface area contributed by atoms with Crippen molar-refractivity contribution >= 4 is 0 Å². The van der Waals surface area contributed by atoms with Gasteiger partial charge in [-0.05, 0) is 62.1 Å². The van der Waals surface area contributed by atoms with E-state index in [1.54, 1.807) is 12.1 Å². The van der Waals surface area contributed by atoms with E-state index in [-0.39, 0.29) is 5.82 Å². The van der Waals surface area contributed by atoms with Crippen LogP contribution in [0.5, 0.6) is 0 Å². The Balaban J connectivity index is 1.27. The molecule has 0 amide bonds. The lowest BCUT2D eigenvalue weighted by Gasteiger charge is -2.28. The number of hydrogen-bond acceptors (Lipinski definition) is 3. The maximum atomic E-state index is 12.9. The molecule has 2 aliphatic rings. The van der Waals surface area contributed by atoms with Gasteiger partial charge in [-0.1, -0.05) is 12.1 Å². The molecule has 0 aromatic heterocycles. The second-order valence-corrected chi connectivity index (χ2v) is 6.42. The minimum Gasteiger partial charge on any atom is -0.371 e. The number of benzene rings is 1. The van der Waals surface area contributed by atoms with Crippen LogP contribution in [0.25, 0.3) is 0 Å². The Bertz CT molecular complexity index is 436. The topological polar surface area (TPSA) is 31.0 Å². The zero-order valence-electron chi connectivity index (χ0n) is 13.0. The van der Waals surface area contributed by atoms with Crippen molar-refractivity contribution in [1.82, 2.24) is 0 Å². The van der Waals surface area contributed by atoms with Gasteiger partial charge < -0.3 is 14.2 Å². The molecule has 3 rings (SSSR count). The average Bonchev–Trinajstić information content (AvgIpc) is 3.36. The minimum atomic E-state index is -0.156. The molecule has 1 aromatic rings. The van der Waals surface area contributed by atoms with Crippen molar-refractivity contribution < 1.29 is 18.6 Å². The molecule has 0 spiro atoms. The first-order chi connectivity index (χ1) is 10.8. The Morgan fingerprint density at radius 1 is 1.09 bits per heavy atom. The van der Waals surface area contributed by atoms with E-state index in [9.17, 15) is 4.39 Å². The lowest BCUT2D eigenvalue weighted by atomic mass is 9.84. The lowest BCUT2D eigenvalue weighted by Crippen LogP contribution is -2.23. The molecule has 1 saturated heterocycles. The van der Waals surface area contributed by atoms with Crippen LogP contribution in [-0.2, 0) is 20.6 Å². The number of ether oxygens (including phenoxy) is 3. The summed E-state index contributed by atoms with van der Waals surface area (Å²) >= 11 is 0. The second-order valence-electron chi connectivity index (χ2n) is 6.42. The number of halogens is 1. The zero-order valence-corrected chi connectivity index (χ0v) is 13.0. The van der Waals surface area contributed by atoms with Crippen LogP contribution in [0.2, 0.25) is 0 Å². The van der Waals surface area contributed by atoms with Gasteiger partial charge in [0.1, 0.15) is 18.7 Å². The van der Waals surface area contributed by atoms with Gasteiger partial charge in [0, 0.05) is 0 Å². The van der Waals surface area contributed by atoms with Crippen molar-refractivity contribution in [1.29, 1.82) is 0 Å². The third-order valence-corrected chi connectivity index (χ3v) is 4.64. The summed E-state index contributed by atoms with van der Waals surface area (Å²) in [5.41, 5.74) is 1.23. The smallest absolute Gasteiger partial charge is 0.147 e. The van der Waals surface area contributed by atoms with E-state index < -0.39 is 0 Å². The van der Waals surface area contributed by atoms with E-state index in [2.05, 4.69) is 0 Å². The SMILES string of the molecule is Fc1ccc(CCC2CCC(OCOCC3CO3)CC2)cc1. The van der Waals surface area contributed by atoms with Crippen molar-refractivity contribution in [2.24, 2.45) is 5.92 Å². The van der Waals surface area contributed by atoms with Gasteiger partial charge in [0.2, 0.25) is 0 Å². The molecule has 22 heavy (non-hydrogen) atoms. The molecule has 1 heterocycles. The third-order valence-electron chi connectivity index (χ3n) is 4.64. The highest BCUT2D eigenvalue weighted by molar-refractivity contribution is 5.16. The standard InChI is InChI=1S/C18H25FO3/c19-16-7-3-14(4-8-16)1-2-15-5-9-17(10-6-15)22-13-20-11-18-12-21-18/h3-4,7-8,15,17-18H,1-2,5-6,9-13H2. The maximum Gasteiger partial charge on any atom is 0.147 e. The van der Waals surface area contributed by atoms with Crippen LogP contribution in [0.1, 0.15) is 37.7 Å². The highest BCUT2D eigenvalue weighted by Gasteiger charge is 2.24. The van der Waals surface area contributed by atoms with Gasteiger partial charge in [-0.15, -0.1) is 0 Å². The van der Waals surface area contributed by atoms with Crippen LogP contribution >= 0.6 is 0 Å². The van der Waals surface area contributed by atoms with Crippen molar-refractivity contribution in [2.45, 2.75) is 50.7 Å². The zero-order chi connectivity index (χ0) is 15.2. The second kappa shape index (κ2) is 8.04. The van der Waals surface area contributed by atoms with E-state index >= 15 is 0 Å². The molecule has 1 aliphatic heterocycles. The van der Waals surface area contributed by atoms with Crippen LogP contribution in [0.15, 0.2) is 24.3 Å². The minimum absolute atomic E-state index is 0.156. The van der Waals surface area contributed by atoms with Crippen LogP contribution in [-0.4, -0.2) is 32.2 Å². The quantitative estimate of drug-likeness (QED) is 0.417. The highest BCUT2D eigenvalue weighted by Crippen LogP contribution is 2.29. The summed E-state index contributed by atoms with van der Waals surface area (Å²) in [6.07, 6.45) is 7.58. The molecule has 0 N–H and O–H groups in total. The van der Waals surface area contributed by atoms with Crippen molar-refractivity contribution in [3.05, 3.63) is 35.6 Å². The van der Waals surface area contributed by atoms with Gasteiger partial charge in [0.15, 0.2) is 0 Å². The van der Waals surface area contributed by atoms with Gasteiger partial charge in [0.25, 0.3) is 0 Å². The van der Waals surface area contributed by atoms with Crippen molar-refractivity contribution in [2.75, 3.05) is 20.0 Å². The summed E-state index contributed by atoms with van der Waals surface area (Å²) in [4.78, 5) is 0. The Kier molecular flexibility index (Phi) is 5.82. The van der Waals surface area contributed by atoms with Crippen molar-refractivity contribution in [3.63, 3.8) is 0 Å². The van der Waals surface area contributed by atoms with E-state index in [1.165, 1.54) is 24.8 Å². The predicted octanol–water partition coefficient (Wildman–Crippen LogP) is 3.71.